The van der Waals surface area contributed by atoms with Gasteiger partial charge in [0.25, 0.3) is 0 Å². The van der Waals surface area contributed by atoms with Crippen LogP contribution in [-0.4, -0.2) is 29.6 Å². The van der Waals surface area contributed by atoms with Gasteiger partial charge in [0.2, 0.25) is 0 Å². The first kappa shape index (κ1) is 16.1. The van der Waals surface area contributed by atoms with Crippen molar-refractivity contribution in [2.75, 3.05) is 29.9 Å². The fourth-order valence-corrected chi connectivity index (χ4v) is 2.91. The van der Waals surface area contributed by atoms with E-state index in [1.54, 1.807) is 0 Å². The SMILES string of the molecule is CCCNc1nc(CC)nc(N2CCCC(C)CC2)c1C. The molecule has 1 aliphatic rings. The van der Waals surface area contributed by atoms with Crippen molar-refractivity contribution in [2.24, 2.45) is 5.92 Å². The Labute approximate surface area is 129 Å². The zero-order valence-electron chi connectivity index (χ0n) is 14.1. The van der Waals surface area contributed by atoms with Crippen LogP contribution in [0.4, 0.5) is 11.6 Å². The summed E-state index contributed by atoms with van der Waals surface area (Å²) in [7, 11) is 0. The monoisotopic (exact) mass is 290 g/mol. The predicted molar refractivity (Wildman–Crippen MR) is 90.2 cm³/mol. The molecule has 1 aromatic heterocycles. The van der Waals surface area contributed by atoms with Crippen LogP contribution in [-0.2, 0) is 6.42 Å². The average Bonchev–Trinajstić information content (AvgIpc) is 2.71. The Bertz CT molecular complexity index is 458. The van der Waals surface area contributed by atoms with Crippen molar-refractivity contribution < 1.29 is 0 Å². The van der Waals surface area contributed by atoms with Crippen molar-refractivity contribution in [1.29, 1.82) is 0 Å². The second-order valence-corrected chi connectivity index (χ2v) is 6.24. The third-order valence-corrected chi connectivity index (χ3v) is 4.34. The fraction of sp³-hybridized carbons (Fsp3) is 0.765. The summed E-state index contributed by atoms with van der Waals surface area (Å²) in [5.74, 6) is 3.96. The molecule has 1 aliphatic heterocycles. The number of aromatic nitrogens is 2. The zero-order chi connectivity index (χ0) is 15.2. The van der Waals surface area contributed by atoms with Gasteiger partial charge in [-0.25, -0.2) is 9.97 Å². The number of rotatable bonds is 5. The molecule has 0 amide bonds. The van der Waals surface area contributed by atoms with Gasteiger partial charge in [0.1, 0.15) is 17.5 Å². The van der Waals surface area contributed by atoms with Crippen molar-refractivity contribution in [1.82, 2.24) is 9.97 Å². The third kappa shape index (κ3) is 4.08. The molecule has 4 heteroatoms. The maximum atomic E-state index is 4.82. The molecule has 0 aromatic carbocycles. The molecule has 0 saturated carbocycles. The molecule has 2 heterocycles. The molecule has 2 rings (SSSR count). The van der Waals surface area contributed by atoms with E-state index >= 15 is 0 Å². The highest BCUT2D eigenvalue weighted by Gasteiger charge is 2.19. The third-order valence-electron chi connectivity index (χ3n) is 4.34. The molecular formula is C17H30N4. The van der Waals surface area contributed by atoms with Crippen molar-refractivity contribution in [3.8, 4) is 0 Å². The first-order valence-corrected chi connectivity index (χ1v) is 8.52. The summed E-state index contributed by atoms with van der Waals surface area (Å²) in [6, 6.07) is 0. The van der Waals surface area contributed by atoms with Crippen LogP contribution in [0.5, 0.6) is 0 Å². The van der Waals surface area contributed by atoms with Gasteiger partial charge >= 0.3 is 0 Å². The summed E-state index contributed by atoms with van der Waals surface area (Å²) in [4.78, 5) is 12.0. The average molecular weight is 290 g/mol. The Balaban J connectivity index is 2.27. The van der Waals surface area contributed by atoms with Crippen LogP contribution in [0.1, 0.15) is 57.8 Å². The van der Waals surface area contributed by atoms with Crippen LogP contribution in [0.2, 0.25) is 0 Å². The lowest BCUT2D eigenvalue weighted by atomic mass is 10.0. The molecule has 1 N–H and O–H groups in total. The molecule has 118 valence electrons. The molecule has 1 saturated heterocycles. The van der Waals surface area contributed by atoms with E-state index in [9.17, 15) is 0 Å². The van der Waals surface area contributed by atoms with Crippen LogP contribution >= 0.6 is 0 Å². The Kier molecular flexibility index (Phi) is 5.83. The first-order chi connectivity index (χ1) is 10.2. The van der Waals surface area contributed by atoms with Crippen LogP contribution in [0.15, 0.2) is 0 Å². The molecular weight excluding hydrogens is 260 g/mol. The number of aryl methyl sites for hydroxylation is 1. The molecule has 1 unspecified atom stereocenters. The molecule has 21 heavy (non-hydrogen) atoms. The zero-order valence-corrected chi connectivity index (χ0v) is 14.1. The number of anilines is 2. The largest absolute Gasteiger partial charge is 0.370 e. The van der Waals surface area contributed by atoms with E-state index in [0.29, 0.717) is 0 Å². The van der Waals surface area contributed by atoms with Crippen LogP contribution in [0, 0.1) is 12.8 Å². The van der Waals surface area contributed by atoms with Gasteiger partial charge in [-0.2, -0.15) is 0 Å². The minimum Gasteiger partial charge on any atom is -0.370 e. The van der Waals surface area contributed by atoms with E-state index in [2.05, 4.69) is 42.9 Å². The van der Waals surface area contributed by atoms with Crippen molar-refractivity contribution in [3.05, 3.63) is 11.4 Å². The maximum absolute atomic E-state index is 4.82. The van der Waals surface area contributed by atoms with Crippen molar-refractivity contribution >= 4 is 11.6 Å². The number of nitrogens with zero attached hydrogens (tertiary/aromatic N) is 3. The highest BCUT2D eigenvalue weighted by molar-refractivity contribution is 5.58. The van der Waals surface area contributed by atoms with Gasteiger partial charge in [-0.3, -0.25) is 0 Å². The van der Waals surface area contributed by atoms with Crippen molar-refractivity contribution in [2.45, 2.75) is 59.8 Å². The number of nitrogens with one attached hydrogen (secondary N) is 1. The quantitative estimate of drug-likeness (QED) is 0.895. The van der Waals surface area contributed by atoms with E-state index < -0.39 is 0 Å². The van der Waals surface area contributed by atoms with Gasteiger partial charge in [-0.15, -0.1) is 0 Å². The summed E-state index contributed by atoms with van der Waals surface area (Å²) in [5.41, 5.74) is 1.20. The molecule has 0 bridgehead atoms. The number of hydrogen-bond acceptors (Lipinski definition) is 4. The van der Waals surface area contributed by atoms with E-state index in [-0.39, 0.29) is 0 Å². The topological polar surface area (TPSA) is 41.1 Å². The standard InChI is InChI=1S/C17H30N4/c1-5-10-18-16-14(4)17(20-15(6-2)19-16)21-11-7-8-13(3)9-12-21/h13H,5-12H2,1-4H3,(H,18,19,20). The van der Waals surface area contributed by atoms with E-state index in [1.165, 1.54) is 24.8 Å². The van der Waals surface area contributed by atoms with Gasteiger partial charge in [-0.1, -0.05) is 20.8 Å². The lowest BCUT2D eigenvalue weighted by Crippen LogP contribution is -2.27. The maximum Gasteiger partial charge on any atom is 0.137 e. The van der Waals surface area contributed by atoms with Crippen LogP contribution < -0.4 is 10.2 Å². The predicted octanol–water partition coefficient (Wildman–Crippen LogP) is 3.80. The van der Waals surface area contributed by atoms with E-state index in [1.807, 2.05) is 0 Å². The summed E-state index contributed by atoms with van der Waals surface area (Å²) in [6.45, 7) is 12.0. The summed E-state index contributed by atoms with van der Waals surface area (Å²) in [6.07, 6.45) is 5.87. The molecule has 4 nitrogen and oxygen atoms in total. The lowest BCUT2D eigenvalue weighted by molar-refractivity contribution is 0.521. The second kappa shape index (κ2) is 7.62. The number of hydrogen-bond donors (Lipinski definition) is 1. The highest BCUT2D eigenvalue weighted by atomic mass is 15.2. The van der Waals surface area contributed by atoms with E-state index in [4.69, 9.17) is 4.98 Å². The van der Waals surface area contributed by atoms with Gasteiger partial charge in [0.15, 0.2) is 0 Å². The van der Waals surface area contributed by atoms with Crippen LogP contribution in [0.25, 0.3) is 0 Å². The van der Waals surface area contributed by atoms with Gasteiger partial charge in [0, 0.05) is 31.6 Å². The Morgan fingerprint density at radius 2 is 2.00 bits per heavy atom. The van der Waals surface area contributed by atoms with Crippen molar-refractivity contribution in [3.63, 3.8) is 0 Å². The molecule has 1 fully saturated rings. The molecule has 1 aromatic rings. The van der Waals surface area contributed by atoms with E-state index in [0.717, 1.165) is 55.9 Å². The first-order valence-electron chi connectivity index (χ1n) is 8.52. The fourth-order valence-electron chi connectivity index (χ4n) is 2.91. The Morgan fingerprint density at radius 1 is 1.19 bits per heavy atom. The lowest BCUT2D eigenvalue weighted by Gasteiger charge is -2.25. The van der Waals surface area contributed by atoms with Gasteiger partial charge in [-0.05, 0) is 38.5 Å². The summed E-state index contributed by atoms with van der Waals surface area (Å²) >= 11 is 0. The Morgan fingerprint density at radius 3 is 2.71 bits per heavy atom. The smallest absolute Gasteiger partial charge is 0.137 e. The van der Waals surface area contributed by atoms with Gasteiger partial charge in [0.05, 0.1) is 0 Å². The second-order valence-electron chi connectivity index (χ2n) is 6.24. The summed E-state index contributed by atoms with van der Waals surface area (Å²) in [5, 5.41) is 3.46. The van der Waals surface area contributed by atoms with Crippen LogP contribution in [0.3, 0.4) is 0 Å². The summed E-state index contributed by atoms with van der Waals surface area (Å²) < 4.78 is 0. The highest BCUT2D eigenvalue weighted by Crippen LogP contribution is 2.27. The molecule has 0 spiro atoms. The minimum atomic E-state index is 0.834. The van der Waals surface area contributed by atoms with Gasteiger partial charge < -0.3 is 10.2 Å². The minimum absolute atomic E-state index is 0.834. The normalized spacial score (nSPS) is 19.4. The Hall–Kier alpha value is -1.32. The molecule has 1 atom stereocenters. The molecule has 0 aliphatic carbocycles. The molecule has 0 radical (unpaired) electrons.